The van der Waals surface area contributed by atoms with Crippen LogP contribution in [0.1, 0.15) is 20.3 Å². The number of esters is 1. The molecule has 1 amide bonds. The number of ether oxygens (including phenoxy) is 1. The van der Waals surface area contributed by atoms with E-state index in [1.54, 1.807) is 0 Å². The van der Waals surface area contributed by atoms with Gasteiger partial charge in [-0.05, 0) is 0 Å². The van der Waals surface area contributed by atoms with E-state index in [9.17, 15) is 19.2 Å². The fraction of sp³-hybridized carbons (Fsp3) is 0.636. The van der Waals surface area contributed by atoms with Gasteiger partial charge in [0, 0.05) is 31.8 Å². The maximum absolute atomic E-state index is 11.2. The molecule has 0 aromatic heterocycles. The van der Waals surface area contributed by atoms with Gasteiger partial charge in [-0.15, -0.1) is 0 Å². The number of ketones is 1. The molecule has 19 heavy (non-hydrogen) atoms. The zero-order valence-corrected chi connectivity index (χ0v) is 11.6. The summed E-state index contributed by atoms with van der Waals surface area (Å²) in [6.45, 7) is 2.19. The quantitative estimate of drug-likeness (QED) is 0.345. The summed E-state index contributed by atoms with van der Waals surface area (Å²) in [5, 5.41) is 11.1. The van der Waals surface area contributed by atoms with Gasteiger partial charge in [0.15, 0.2) is 5.78 Å². The van der Waals surface area contributed by atoms with E-state index in [-0.39, 0.29) is 24.6 Å². The minimum Gasteiger partial charge on any atom is -0.480 e. The minimum atomic E-state index is -1.12. The van der Waals surface area contributed by atoms with Gasteiger partial charge in [0.1, 0.15) is 12.6 Å². The molecule has 0 fully saturated rings. The van der Waals surface area contributed by atoms with Crippen molar-refractivity contribution in [2.24, 2.45) is 0 Å². The van der Waals surface area contributed by atoms with Crippen LogP contribution in [0.2, 0.25) is 0 Å². The Morgan fingerprint density at radius 2 is 1.89 bits per heavy atom. The fourth-order valence-corrected chi connectivity index (χ4v) is 2.06. The smallest absolute Gasteiger partial charge is 0.327 e. The molecule has 0 aromatic carbocycles. The third kappa shape index (κ3) is 10.1. The molecule has 0 saturated heterocycles. The van der Waals surface area contributed by atoms with Crippen molar-refractivity contribution in [3.63, 3.8) is 0 Å². The molecule has 0 radical (unpaired) electrons. The Morgan fingerprint density at radius 1 is 1.26 bits per heavy atom. The summed E-state index contributed by atoms with van der Waals surface area (Å²) in [5.74, 6) is -1.70. The first-order chi connectivity index (χ1) is 8.82. The van der Waals surface area contributed by atoms with E-state index in [0.717, 1.165) is 0 Å². The van der Waals surface area contributed by atoms with Crippen LogP contribution in [0.15, 0.2) is 0 Å². The van der Waals surface area contributed by atoms with Crippen LogP contribution in [0.25, 0.3) is 0 Å². The topological polar surface area (TPSA) is 110 Å². The van der Waals surface area contributed by atoms with Crippen molar-refractivity contribution in [1.82, 2.24) is 5.32 Å². The number of Topliss-reactive ketones (excluding diaryl/α,β-unsaturated/α-hetero) is 1. The van der Waals surface area contributed by atoms with E-state index in [1.807, 2.05) is 0 Å². The molecule has 0 aliphatic rings. The highest BCUT2D eigenvalue weighted by Crippen LogP contribution is 2.06. The van der Waals surface area contributed by atoms with Crippen molar-refractivity contribution in [3.05, 3.63) is 0 Å². The van der Waals surface area contributed by atoms with Gasteiger partial charge >= 0.3 is 11.9 Å². The van der Waals surface area contributed by atoms with Crippen molar-refractivity contribution in [1.29, 1.82) is 0 Å². The molecule has 0 saturated carbocycles. The van der Waals surface area contributed by atoms with Crippen molar-refractivity contribution in [2.75, 3.05) is 18.1 Å². The van der Waals surface area contributed by atoms with Gasteiger partial charge in [-0.1, -0.05) is 0 Å². The van der Waals surface area contributed by atoms with E-state index in [0.29, 0.717) is 5.75 Å². The molecular weight excluding hydrogens is 278 g/mol. The molecule has 0 aliphatic carbocycles. The number of aliphatic carboxylic acids is 1. The van der Waals surface area contributed by atoms with E-state index in [2.05, 4.69) is 10.1 Å². The number of hydrogen-bond acceptors (Lipinski definition) is 6. The van der Waals surface area contributed by atoms with Crippen LogP contribution >= 0.6 is 11.8 Å². The van der Waals surface area contributed by atoms with E-state index in [4.69, 9.17) is 5.11 Å². The van der Waals surface area contributed by atoms with Crippen molar-refractivity contribution >= 4 is 35.4 Å². The lowest BCUT2D eigenvalue weighted by atomic mass is 10.3. The first-order valence-electron chi connectivity index (χ1n) is 5.55. The molecule has 0 bridgehead atoms. The lowest BCUT2D eigenvalue weighted by Crippen LogP contribution is -2.41. The lowest BCUT2D eigenvalue weighted by molar-refractivity contribution is -0.145. The number of thioether (sulfide) groups is 1. The number of amides is 1. The number of carbonyl (C=O) groups is 4. The molecule has 1 atom stereocenters. The highest BCUT2D eigenvalue weighted by molar-refractivity contribution is 7.99. The number of carboxylic acids is 1. The molecular formula is C11H17NO6S. The number of nitrogens with one attached hydrogen (secondary N) is 1. The molecule has 7 nitrogen and oxygen atoms in total. The summed E-state index contributed by atoms with van der Waals surface area (Å²) in [5.41, 5.74) is 0. The predicted octanol–water partition coefficient (Wildman–Crippen LogP) is -0.169. The molecule has 0 aromatic rings. The Balaban J connectivity index is 3.81. The SMILES string of the molecule is CC(=O)N[C@@H](CS[13CH2][13CH2][13C](=O)[13CH2]OC(C)=O)C(=O)O. The van der Waals surface area contributed by atoms with Crippen molar-refractivity contribution in [3.8, 4) is 0 Å². The second-order valence-corrected chi connectivity index (χ2v) is 4.89. The molecule has 2 N–H and O–H groups in total. The zero-order chi connectivity index (χ0) is 14.8. The van der Waals surface area contributed by atoms with Crippen LogP contribution < -0.4 is 5.32 Å². The molecule has 8 heteroatoms. The highest BCUT2D eigenvalue weighted by Gasteiger charge is 2.18. The summed E-state index contributed by atoms with van der Waals surface area (Å²) in [6, 6.07) is -0.967. The van der Waals surface area contributed by atoms with E-state index >= 15 is 0 Å². The second-order valence-electron chi connectivity index (χ2n) is 3.74. The molecule has 0 unspecified atom stereocenters. The lowest BCUT2D eigenvalue weighted by Gasteiger charge is -2.12. The van der Waals surface area contributed by atoms with Gasteiger partial charge in [0.2, 0.25) is 5.91 Å². The first kappa shape index (κ1) is 17.4. The maximum atomic E-state index is 11.2. The Morgan fingerprint density at radius 3 is 2.37 bits per heavy atom. The molecule has 0 spiro atoms. The number of hydrogen-bond donors (Lipinski definition) is 2. The Hall–Kier alpha value is -1.57. The molecule has 0 rings (SSSR count). The summed E-state index contributed by atoms with van der Waals surface area (Å²) in [4.78, 5) is 43.2. The van der Waals surface area contributed by atoms with Crippen molar-refractivity contribution in [2.45, 2.75) is 26.3 Å². The molecule has 0 heterocycles. The number of carbonyl (C=O) groups excluding carboxylic acids is 3. The molecule has 108 valence electrons. The number of rotatable bonds is 9. The van der Waals surface area contributed by atoms with Gasteiger partial charge in [-0.25, -0.2) is 4.79 Å². The van der Waals surface area contributed by atoms with Gasteiger partial charge in [0.25, 0.3) is 0 Å². The second kappa shape index (κ2) is 9.37. The first-order valence-corrected chi connectivity index (χ1v) is 6.71. The Kier molecular flexibility index (Phi) is 8.60. The maximum Gasteiger partial charge on any atom is 0.327 e. The minimum absolute atomic E-state index is 0.176. The monoisotopic (exact) mass is 295 g/mol. The summed E-state index contributed by atoms with van der Waals surface area (Å²) >= 11 is 1.24. The van der Waals surface area contributed by atoms with E-state index < -0.39 is 23.9 Å². The Labute approximate surface area is 115 Å². The van der Waals surface area contributed by atoms with Crippen LogP contribution in [0.5, 0.6) is 0 Å². The fourth-order valence-electron chi connectivity index (χ4n) is 1.06. The normalized spacial score (nSPS) is 11.5. The van der Waals surface area contributed by atoms with Gasteiger partial charge < -0.3 is 15.2 Å². The van der Waals surface area contributed by atoms with Crippen LogP contribution in [0.3, 0.4) is 0 Å². The Bertz CT molecular complexity index is 357. The zero-order valence-electron chi connectivity index (χ0n) is 10.8. The van der Waals surface area contributed by atoms with Crippen molar-refractivity contribution < 1.29 is 29.0 Å². The summed E-state index contributed by atoms with van der Waals surface area (Å²) < 4.78 is 4.52. The average molecular weight is 295 g/mol. The molecule has 0 aliphatic heterocycles. The average Bonchev–Trinajstić information content (AvgIpc) is 2.29. The van der Waals surface area contributed by atoms with Crippen LogP contribution in [0.4, 0.5) is 0 Å². The van der Waals surface area contributed by atoms with E-state index in [1.165, 1.54) is 25.6 Å². The number of carboxylic acid groups (broad SMARTS) is 1. The highest BCUT2D eigenvalue weighted by atomic mass is 32.2. The third-order valence-electron chi connectivity index (χ3n) is 1.92. The van der Waals surface area contributed by atoms with Crippen LogP contribution in [0, 0.1) is 0 Å². The third-order valence-corrected chi connectivity index (χ3v) is 2.98. The largest absolute Gasteiger partial charge is 0.480 e. The van der Waals surface area contributed by atoms with Crippen LogP contribution in [-0.4, -0.2) is 52.9 Å². The van der Waals surface area contributed by atoms with Gasteiger partial charge in [-0.3, -0.25) is 14.4 Å². The van der Waals surface area contributed by atoms with Crippen LogP contribution in [-0.2, 0) is 23.9 Å². The summed E-state index contributed by atoms with van der Waals surface area (Å²) in [7, 11) is 0. The summed E-state index contributed by atoms with van der Waals surface area (Å²) in [6.07, 6.45) is 0.185. The predicted molar refractivity (Wildman–Crippen MR) is 68.8 cm³/mol. The van der Waals surface area contributed by atoms with Gasteiger partial charge in [0.05, 0.1) is 0 Å². The standard InChI is InChI=1S/C11H17NO6S/c1-7(13)12-10(11(16)17)6-19-4-3-9(15)5-18-8(2)14/h10H,3-6H2,1-2H3,(H,12,13)(H,16,17)/t10-/m0/s1/i3+1,4+1,5+1,9+1. The van der Waals surface area contributed by atoms with Gasteiger partial charge in [-0.2, -0.15) is 11.8 Å².